The molecule has 9 nitrogen and oxygen atoms in total. The summed E-state index contributed by atoms with van der Waals surface area (Å²) in [4.78, 5) is 31.7. The second-order valence-electron chi connectivity index (χ2n) is 5.45. The summed E-state index contributed by atoms with van der Waals surface area (Å²) in [5.74, 6) is 0.813. The molecule has 24 heavy (non-hydrogen) atoms. The number of thiophene rings is 1. The molecule has 0 aromatic carbocycles. The predicted octanol–water partition coefficient (Wildman–Crippen LogP) is 0.111. The van der Waals surface area contributed by atoms with Gasteiger partial charge in [-0.1, -0.05) is 11.2 Å². The van der Waals surface area contributed by atoms with Gasteiger partial charge >= 0.3 is 6.03 Å². The van der Waals surface area contributed by atoms with Crippen molar-refractivity contribution in [2.75, 3.05) is 32.7 Å². The smallest absolute Gasteiger partial charge is 0.318 e. The Kier molecular flexibility index (Phi) is 5.18. The molecule has 1 aliphatic heterocycles. The van der Waals surface area contributed by atoms with E-state index < -0.39 is 6.03 Å². The van der Waals surface area contributed by atoms with Crippen LogP contribution in [0.3, 0.4) is 0 Å². The van der Waals surface area contributed by atoms with E-state index in [1.54, 1.807) is 11.3 Å². The summed E-state index contributed by atoms with van der Waals surface area (Å²) in [6.45, 7) is 3.75. The first-order valence-corrected chi connectivity index (χ1v) is 8.38. The van der Waals surface area contributed by atoms with Crippen molar-refractivity contribution in [1.82, 2.24) is 25.3 Å². The zero-order chi connectivity index (χ0) is 16.9. The van der Waals surface area contributed by atoms with Crippen LogP contribution in [-0.4, -0.2) is 64.6 Å². The Balaban J connectivity index is 1.46. The molecule has 3 amide bonds. The molecule has 1 saturated heterocycles. The highest BCUT2D eigenvalue weighted by Gasteiger charge is 2.21. The van der Waals surface area contributed by atoms with Gasteiger partial charge in [0.1, 0.15) is 0 Å². The number of nitrogens with one attached hydrogen (secondary N) is 1. The van der Waals surface area contributed by atoms with Crippen molar-refractivity contribution in [3.63, 3.8) is 0 Å². The molecule has 0 unspecified atom stereocenters. The zero-order valence-corrected chi connectivity index (χ0v) is 13.8. The van der Waals surface area contributed by atoms with Crippen LogP contribution >= 0.6 is 11.3 Å². The average Bonchev–Trinajstić information content (AvgIpc) is 3.19. The molecule has 0 saturated carbocycles. The van der Waals surface area contributed by atoms with Gasteiger partial charge in [0.2, 0.25) is 17.6 Å². The third kappa shape index (κ3) is 4.37. The maximum Gasteiger partial charge on any atom is 0.318 e. The number of hydrogen-bond acceptors (Lipinski definition) is 8. The van der Waals surface area contributed by atoms with Crippen LogP contribution in [0.2, 0.25) is 0 Å². The molecule has 0 radical (unpaired) electrons. The SMILES string of the molecule is NC(=O)NC(=O)CN1CCN(Cc2nc(-c3cccs3)no2)CC1. The Hall–Kier alpha value is -2.30. The van der Waals surface area contributed by atoms with E-state index in [2.05, 4.69) is 20.4 Å². The van der Waals surface area contributed by atoms with Crippen LogP contribution < -0.4 is 11.1 Å². The number of nitrogens with two attached hydrogens (primary N) is 1. The van der Waals surface area contributed by atoms with Crippen molar-refractivity contribution < 1.29 is 14.1 Å². The van der Waals surface area contributed by atoms with Crippen molar-refractivity contribution in [2.24, 2.45) is 5.73 Å². The molecule has 2 aromatic heterocycles. The van der Waals surface area contributed by atoms with Crippen LogP contribution in [0, 0.1) is 0 Å². The number of rotatable bonds is 5. The summed E-state index contributed by atoms with van der Waals surface area (Å²) in [6, 6.07) is 3.08. The van der Waals surface area contributed by atoms with Gasteiger partial charge in [-0.05, 0) is 11.4 Å². The minimum absolute atomic E-state index is 0.167. The lowest BCUT2D eigenvalue weighted by Gasteiger charge is -2.33. The Bertz CT molecular complexity index is 693. The Morgan fingerprint density at radius 1 is 1.29 bits per heavy atom. The molecule has 128 valence electrons. The van der Waals surface area contributed by atoms with Crippen LogP contribution in [0.4, 0.5) is 4.79 Å². The number of piperazine rings is 1. The van der Waals surface area contributed by atoms with Gasteiger partial charge in [0.05, 0.1) is 18.0 Å². The highest BCUT2D eigenvalue weighted by Crippen LogP contribution is 2.21. The Labute approximate surface area is 142 Å². The first kappa shape index (κ1) is 16.6. The van der Waals surface area contributed by atoms with Crippen molar-refractivity contribution in [2.45, 2.75) is 6.54 Å². The number of aromatic nitrogens is 2. The second-order valence-corrected chi connectivity index (χ2v) is 6.40. The molecule has 0 aliphatic carbocycles. The van der Waals surface area contributed by atoms with Gasteiger partial charge in [-0.15, -0.1) is 11.3 Å². The number of imide groups is 1. The Morgan fingerprint density at radius 3 is 2.71 bits per heavy atom. The molecule has 3 rings (SSSR count). The van der Waals surface area contributed by atoms with Gasteiger partial charge < -0.3 is 10.3 Å². The van der Waals surface area contributed by atoms with E-state index in [0.29, 0.717) is 18.3 Å². The zero-order valence-electron chi connectivity index (χ0n) is 13.0. The van der Waals surface area contributed by atoms with Gasteiger partial charge in [-0.25, -0.2) is 4.79 Å². The van der Waals surface area contributed by atoms with Crippen molar-refractivity contribution in [1.29, 1.82) is 0 Å². The molecule has 0 spiro atoms. The summed E-state index contributed by atoms with van der Waals surface area (Å²) in [7, 11) is 0. The van der Waals surface area contributed by atoms with E-state index in [4.69, 9.17) is 10.3 Å². The molecule has 0 bridgehead atoms. The topological polar surface area (TPSA) is 118 Å². The lowest BCUT2D eigenvalue weighted by Crippen LogP contribution is -2.50. The molecular weight excluding hydrogens is 332 g/mol. The van der Waals surface area contributed by atoms with Crippen LogP contribution in [0.25, 0.3) is 10.7 Å². The minimum Gasteiger partial charge on any atom is -0.351 e. The quantitative estimate of drug-likeness (QED) is 0.786. The van der Waals surface area contributed by atoms with Crippen LogP contribution in [0.5, 0.6) is 0 Å². The number of carbonyl (C=O) groups is 2. The third-order valence-electron chi connectivity index (χ3n) is 3.66. The van der Waals surface area contributed by atoms with Crippen LogP contribution in [0.15, 0.2) is 22.0 Å². The van der Waals surface area contributed by atoms with E-state index in [9.17, 15) is 9.59 Å². The van der Waals surface area contributed by atoms with Crippen molar-refractivity contribution in [3.05, 3.63) is 23.4 Å². The van der Waals surface area contributed by atoms with Gasteiger partial charge in [0, 0.05) is 26.2 Å². The number of carbonyl (C=O) groups excluding carboxylic acids is 2. The number of nitrogens with zero attached hydrogens (tertiary/aromatic N) is 4. The number of urea groups is 1. The second kappa shape index (κ2) is 7.51. The van der Waals surface area contributed by atoms with Crippen LogP contribution in [0.1, 0.15) is 5.89 Å². The van der Waals surface area contributed by atoms with Crippen molar-refractivity contribution >= 4 is 23.3 Å². The molecule has 10 heteroatoms. The van der Waals surface area contributed by atoms with E-state index in [1.807, 2.05) is 22.4 Å². The van der Waals surface area contributed by atoms with E-state index in [0.717, 1.165) is 31.1 Å². The van der Waals surface area contributed by atoms with E-state index in [1.165, 1.54) is 0 Å². The standard InChI is InChI=1S/C14H18N6O3S/c15-14(22)16-11(21)8-19-3-5-20(6-4-19)9-12-17-13(18-23-12)10-2-1-7-24-10/h1-2,7H,3-6,8-9H2,(H3,15,16,21,22). The Morgan fingerprint density at radius 2 is 2.04 bits per heavy atom. The molecule has 2 aromatic rings. The first-order chi connectivity index (χ1) is 11.6. The molecule has 3 N–H and O–H groups in total. The molecule has 1 aliphatic rings. The van der Waals surface area contributed by atoms with Gasteiger partial charge in [-0.3, -0.25) is 19.9 Å². The molecule has 1 fully saturated rings. The highest BCUT2D eigenvalue weighted by molar-refractivity contribution is 7.13. The largest absolute Gasteiger partial charge is 0.351 e. The van der Waals surface area contributed by atoms with E-state index >= 15 is 0 Å². The highest BCUT2D eigenvalue weighted by atomic mass is 32.1. The predicted molar refractivity (Wildman–Crippen MR) is 87.1 cm³/mol. The summed E-state index contributed by atoms with van der Waals surface area (Å²) < 4.78 is 5.30. The van der Waals surface area contributed by atoms with Crippen molar-refractivity contribution in [3.8, 4) is 10.7 Å². The maximum atomic E-state index is 11.5. The lowest BCUT2D eigenvalue weighted by molar-refractivity contribution is -0.121. The lowest BCUT2D eigenvalue weighted by atomic mass is 10.3. The average molecular weight is 350 g/mol. The number of amides is 3. The normalized spacial score (nSPS) is 16.2. The fraction of sp³-hybridized carbons (Fsp3) is 0.429. The fourth-order valence-corrected chi connectivity index (χ4v) is 3.15. The number of hydrogen-bond donors (Lipinski definition) is 2. The van der Waals surface area contributed by atoms with Gasteiger partial charge in [0.15, 0.2) is 0 Å². The molecule has 3 heterocycles. The van der Waals surface area contributed by atoms with Gasteiger partial charge in [0.25, 0.3) is 0 Å². The molecule has 0 atom stereocenters. The third-order valence-corrected chi connectivity index (χ3v) is 4.53. The summed E-state index contributed by atoms with van der Waals surface area (Å²) >= 11 is 1.57. The maximum absolute atomic E-state index is 11.5. The fourth-order valence-electron chi connectivity index (χ4n) is 2.50. The summed E-state index contributed by atoms with van der Waals surface area (Å²) in [6.07, 6.45) is 0. The van der Waals surface area contributed by atoms with Crippen LogP contribution in [-0.2, 0) is 11.3 Å². The first-order valence-electron chi connectivity index (χ1n) is 7.50. The van der Waals surface area contributed by atoms with Gasteiger partial charge in [-0.2, -0.15) is 4.98 Å². The summed E-state index contributed by atoms with van der Waals surface area (Å²) in [5.41, 5.74) is 4.92. The number of primary amides is 1. The van der Waals surface area contributed by atoms with E-state index in [-0.39, 0.29) is 12.5 Å². The molecular formula is C14H18N6O3S. The monoisotopic (exact) mass is 350 g/mol. The minimum atomic E-state index is -0.823. The summed E-state index contributed by atoms with van der Waals surface area (Å²) in [5, 5.41) is 8.04.